The van der Waals surface area contributed by atoms with Crippen molar-refractivity contribution >= 4 is 17.7 Å². The van der Waals surface area contributed by atoms with Crippen LogP contribution in [0.5, 0.6) is 0 Å². The molecular weight excluding hydrogens is 246 g/mol. The summed E-state index contributed by atoms with van der Waals surface area (Å²) in [5.41, 5.74) is 3.67. The summed E-state index contributed by atoms with van der Waals surface area (Å²) < 4.78 is 0. The van der Waals surface area contributed by atoms with Crippen molar-refractivity contribution in [2.75, 3.05) is 39.5 Å². The highest BCUT2D eigenvalue weighted by Crippen LogP contribution is 2.14. The van der Waals surface area contributed by atoms with Crippen molar-refractivity contribution in [1.29, 1.82) is 0 Å². The summed E-state index contributed by atoms with van der Waals surface area (Å²) in [6.45, 7) is 3.74. The first-order valence-corrected chi connectivity index (χ1v) is 7.30. The maximum absolute atomic E-state index is 12.0. The van der Waals surface area contributed by atoms with Gasteiger partial charge < -0.3 is 4.90 Å². The summed E-state index contributed by atoms with van der Waals surface area (Å²) in [4.78, 5) is 15.5. The van der Waals surface area contributed by atoms with Gasteiger partial charge in [-0.2, -0.15) is 0 Å². The van der Waals surface area contributed by atoms with Gasteiger partial charge in [-0.1, -0.05) is 0 Å². The molecule has 1 amide bonds. The van der Waals surface area contributed by atoms with Gasteiger partial charge in [0, 0.05) is 36.6 Å². The molecule has 1 heterocycles. The van der Waals surface area contributed by atoms with E-state index in [-0.39, 0.29) is 5.91 Å². The Morgan fingerprint density at radius 2 is 1.78 bits per heavy atom. The van der Waals surface area contributed by atoms with Crippen LogP contribution in [0.25, 0.3) is 0 Å². The molecule has 18 heavy (non-hydrogen) atoms. The van der Waals surface area contributed by atoms with E-state index >= 15 is 0 Å². The van der Waals surface area contributed by atoms with Crippen LogP contribution < -0.4 is 5.43 Å². The SMILES string of the molecule is CSc1ccc(C(=O)NN2CCN(C)CC2)cc1. The van der Waals surface area contributed by atoms with Crippen LogP contribution in [0.15, 0.2) is 29.2 Å². The lowest BCUT2D eigenvalue weighted by Gasteiger charge is -2.32. The smallest absolute Gasteiger partial charge is 0.265 e. The Kier molecular flexibility index (Phi) is 4.63. The molecule has 0 atom stereocenters. The van der Waals surface area contributed by atoms with Gasteiger partial charge in [0.25, 0.3) is 5.91 Å². The summed E-state index contributed by atoms with van der Waals surface area (Å²) in [6, 6.07) is 7.70. The molecule has 2 rings (SSSR count). The fourth-order valence-electron chi connectivity index (χ4n) is 1.87. The fraction of sp³-hybridized carbons (Fsp3) is 0.462. The number of piperazine rings is 1. The highest BCUT2D eigenvalue weighted by atomic mass is 32.2. The Balaban J connectivity index is 1.90. The lowest BCUT2D eigenvalue weighted by molar-refractivity contribution is 0.0662. The topological polar surface area (TPSA) is 35.6 Å². The molecule has 0 unspecified atom stereocenters. The highest BCUT2D eigenvalue weighted by molar-refractivity contribution is 7.98. The van der Waals surface area contributed by atoms with Crippen LogP contribution in [0.1, 0.15) is 10.4 Å². The third kappa shape index (κ3) is 3.48. The maximum atomic E-state index is 12.0. The Labute approximate surface area is 112 Å². The van der Waals surface area contributed by atoms with E-state index in [0.717, 1.165) is 26.2 Å². The van der Waals surface area contributed by atoms with Crippen molar-refractivity contribution in [3.63, 3.8) is 0 Å². The molecule has 0 radical (unpaired) electrons. The Hall–Kier alpha value is -1.04. The van der Waals surface area contributed by atoms with E-state index in [0.29, 0.717) is 5.56 Å². The van der Waals surface area contributed by atoms with Gasteiger partial charge in [0.05, 0.1) is 0 Å². The number of benzene rings is 1. The Bertz CT molecular complexity index is 399. The van der Waals surface area contributed by atoms with Crippen LogP contribution >= 0.6 is 11.8 Å². The van der Waals surface area contributed by atoms with Crippen molar-refractivity contribution in [2.45, 2.75) is 4.90 Å². The minimum atomic E-state index is -0.0211. The van der Waals surface area contributed by atoms with Gasteiger partial charge in [0.1, 0.15) is 0 Å². The van der Waals surface area contributed by atoms with Gasteiger partial charge in [-0.05, 0) is 37.6 Å². The molecule has 5 heteroatoms. The molecule has 0 aliphatic carbocycles. The van der Waals surface area contributed by atoms with Gasteiger partial charge in [-0.25, -0.2) is 5.01 Å². The van der Waals surface area contributed by atoms with Gasteiger partial charge in [-0.15, -0.1) is 11.8 Å². The Morgan fingerprint density at radius 1 is 1.17 bits per heavy atom. The normalized spacial score (nSPS) is 17.7. The number of likely N-dealkylation sites (N-methyl/N-ethyl adjacent to an activating group) is 1. The number of hydrazine groups is 1. The number of amides is 1. The summed E-state index contributed by atoms with van der Waals surface area (Å²) in [5, 5.41) is 1.99. The van der Waals surface area contributed by atoms with Crippen LogP contribution in [0.2, 0.25) is 0 Å². The number of rotatable bonds is 3. The predicted octanol–water partition coefficient (Wildman–Crippen LogP) is 1.30. The van der Waals surface area contributed by atoms with E-state index in [1.54, 1.807) is 11.8 Å². The van der Waals surface area contributed by atoms with E-state index in [1.165, 1.54) is 4.90 Å². The molecule has 1 N–H and O–H groups in total. The molecule has 98 valence electrons. The molecule has 1 aromatic rings. The van der Waals surface area contributed by atoms with Crippen molar-refractivity contribution in [3.8, 4) is 0 Å². The lowest BCUT2D eigenvalue weighted by Crippen LogP contribution is -2.52. The standard InChI is InChI=1S/C13H19N3OS/c1-15-7-9-16(10-8-15)14-13(17)11-3-5-12(18-2)6-4-11/h3-6H,7-10H2,1-2H3,(H,14,17). The van der Waals surface area contributed by atoms with Crippen LogP contribution in [0.3, 0.4) is 0 Å². The predicted molar refractivity (Wildman–Crippen MR) is 74.8 cm³/mol. The first-order valence-electron chi connectivity index (χ1n) is 6.07. The van der Waals surface area contributed by atoms with E-state index in [4.69, 9.17) is 0 Å². The number of hydrogen-bond donors (Lipinski definition) is 1. The molecule has 1 fully saturated rings. The second-order valence-electron chi connectivity index (χ2n) is 4.46. The third-order valence-electron chi connectivity index (χ3n) is 3.12. The van der Waals surface area contributed by atoms with Crippen LogP contribution in [0.4, 0.5) is 0 Å². The average Bonchev–Trinajstić information content (AvgIpc) is 2.41. The first-order chi connectivity index (χ1) is 8.69. The monoisotopic (exact) mass is 265 g/mol. The van der Waals surface area contributed by atoms with Crippen LogP contribution in [0, 0.1) is 0 Å². The van der Waals surface area contributed by atoms with Crippen molar-refractivity contribution < 1.29 is 4.79 Å². The lowest BCUT2D eigenvalue weighted by atomic mass is 10.2. The largest absolute Gasteiger partial charge is 0.304 e. The van der Waals surface area contributed by atoms with Crippen LogP contribution in [-0.4, -0.2) is 55.3 Å². The molecule has 4 nitrogen and oxygen atoms in total. The number of thioether (sulfide) groups is 1. The molecule has 1 aromatic carbocycles. The van der Waals surface area contributed by atoms with Gasteiger partial charge in [-0.3, -0.25) is 10.2 Å². The van der Waals surface area contributed by atoms with Crippen LogP contribution in [-0.2, 0) is 0 Å². The molecule has 0 spiro atoms. The van der Waals surface area contributed by atoms with E-state index in [2.05, 4.69) is 17.4 Å². The van der Waals surface area contributed by atoms with E-state index < -0.39 is 0 Å². The van der Waals surface area contributed by atoms with Gasteiger partial charge >= 0.3 is 0 Å². The van der Waals surface area contributed by atoms with E-state index in [1.807, 2.05) is 35.5 Å². The van der Waals surface area contributed by atoms with Crippen molar-refractivity contribution in [1.82, 2.24) is 15.3 Å². The molecule has 1 aliphatic heterocycles. The van der Waals surface area contributed by atoms with Crippen molar-refractivity contribution in [2.24, 2.45) is 0 Å². The zero-order valence-corrected chi connectivity index (χ0v) is 11.7. The second kappa shape index (κ2) is 6.22. The van der Waals surface area contributed by atoms with Gasteiger partial charge in [0.15, 0.2) is 0 Å². The fourth-order valence-corrected chi connectivity index (χ4v) is 2.28. The molecule has 0 aromatic heterocycles. The minimum absolute atomic E-state index is 0.0211. The molecular formula is C13H19N3OS. The minimum Gasteiger partial charge on any atom is -0.304 e. The molecule has 0 saturated carbocycles. The number of hydrogen-bond acceptors (Lipinski definition) is 4. The first kappa shape index (κ1) is 13.4. The summed E-state index contributed by atoms with van der Waals surface area (Å²) in [5.74, 6) is -0.0211. The molecule has 1 aliphatic rings. The zero-order chi connectivity index (χ0) is 13.0. The summed E-state index contributed by atoms with van der Waals surface area (Å²) in [7, 11) is 2.10. The molecule has 0 bridgehead atoms. The quantitative estimate of drug-likeness (QED) is 0.836. The number of nitrogens with one attached hydrogen (secondary N) is 1. The summed E-state index contributed by atoms with van der Waals surface area (Å²) >= 11 is 1.68. The Morgan fingerprint density at radius 3 is 2.33 bits per heavy atom. The third-order valence-corrected chi connectivity index (χ3v) is 3.86. The summed E-state index contributed by atoms with van der Waals surface area (Å²) in [6.07, 6.45) is 2.03. The van der Waals surface area contributed by atoms with Crippen molar-refractivity contribution in [3.05, 3.63) is 29.8 Å². The number of nitrogens with zero attached hydrogens (tertiary/aromatic N) is 2. The average molecular weight is 265 g/mol. The highest BCUT2D eigenvalue weighted by Gasteiger charge is 2.16. The molecule has 1 saturated heterocycles. The number of carbonyl (C=O) groups is 1. The maximum Gasteiger partial charge on any atom is 0.265 e. The van der Waals surface area contributed by atoms with E-state index in [9.17, 15) is 4.79 Å². The zero-order valence-electron chi connectivity index (χ0n) is 10.8. The number of carbonyl (C=O) groups excluding carboxylic acids is 1. The second-order valence-corrected chi connectivity index (χ2v) is 5.34. The van der Waals surface area contributed by atoms with Gasteiger partial charge in [0.2, 0.25) is 0 Å².